The highest BCUT2D eigenvalue weighted by Gasteiger charge is 2.25. The van der Waals surface area contributed by atoms with Gasteiger partial charge in [0.1, 0.15) is 0 Å². The lowest BCUT2D eigenvalue weighted by molar-refractivity contribution is -0.126. The number of hydrogen-bond donors (Lipinski definition) is 1. The molecule has 1 heterocycles. The third-order valence-corrected chi connectivity index (χ3v) is 7.08. The third-order valence-electron chi connectivity index (χ3n) is 5.34. The van der Waals surface area contributed by atoms with Crippen molar-refractivity contribution in [3.63, 3.8) is 0 Å². The van der Waals surface area contributed by atoms with Gasteiger partial charge < -0.3 is 5.32 Å². The molecule has 0 unspecified atom stereocenters. The zero-order chi connectivity index (χ0) is 20.6. The molecular formula is C23H28Cl2N2OS. The van der Waals surface area contributed by atoms with Gasteiger partial charge in [-0.3, -0.25) is 9.69 Å². The summed E-state index contributed by atoms with van der Waals surface area (Å²) in [7, 11) is 0. The molecule has 3 nitrogen and oxygen atoms in total. The van der Waals surface area contributed by atoms with Gasteiger partial charge in [0.25, 0.3) is 0 Å². The molecule has 0 saturated carbocycles. The number of amides is 1. The van der Waals surface area contributed by atoms with Crippen LogP contribution < -0.4 is 5.32 Å². The minimum atomic E-state index is 0.107. The Balaban J connectivity index is 1.33. The second-order valence-electron chi connectivity index (χ2n) is 7.58. The van der Waals surface area contributed by atoms with E-state index in [1.165, 1.54) is 11.1 Å². The van der Waals surface area contributed by atoms with E-state index in [0.29, 0.717) is 10.0 Å². The van der Waals surface area contributed by atoms with Gasteiger partial charge in [-0.15, -0.1) is 0 Å². The highest BCUT2D eigenvalue weighted by Crippen LogP contribution is 2.27. The lowest BCUT2D eigenvalue weighted by atomic mass is 9.95. The molecule has 0 spiro atoms. The van der Waals surface area contributed by atoms with Crippen LogP contribution in [0.25, 0.3) is 0 Å². The van der Waals surface area contributed by atoms with Crippen molar-refractivity contribution in [3.05, 3.63) is 69.2 Å². The number of rotatable bonds is 8. The number of nitrogens with zero attached hydrogens (tertiary/aromatic N) is 1. The Bertz CT molecular complexity index is 785. The van der Waals surface area contributed by atoms with Gasteiger partial charge in [0, 0.05) is 46.1 Å². The van der Waals surface area contributed by atoms with E-state index in [2.05, 4.69) is 41.4 Å². The zero-order valence-corrected chi connectivity index (χ0v) is 19.1. The van der Waals surface area contributed by atoms with Crippen molar-refractivity contribution in [1.82, 2.24) is 10.2 Å². The lowest BCUT2D eigenvalue weighted by Crippen LogP contribution is -2.40. The maximum atomic E-state index is 12.5. The van der Waals surface area contributed by atoms with Crippen LogP contribution in [-0.2, 0) is 17.1 Å². The number of benzene rings is 2. The molecule has 3 rings (SSSR count). The number of nitrogens with one attached hydrogen (secondary N) is 1. The first-order chi connectivity index (χ1) is 14.0. The Morgan fingerprint density at radius 1 is 1.10 bits per heavy atom. The molecule has 6 heteroatoms. The van der Waals surface area contributed by atoms with Crippen LogP contribution in [0.5, 0.6) is 0 Å². The average molecular weight is 451 g/mol. The van der Waals surface area contributed by atoms with Crippen LogP contribution in [0.4, 0.5) is 0 Å². The van der Waals surface area contributed by atoms with Gasteiger partial charge in [0.15, 0.2) is 0 Å². The van der Waals surface area contributed by atoms with E-state index in [1.807, 2.05) is 30.0 Å². The van der Waals surface area contributed by atoms with Gasteiger partial charge in [-0.05, 0) is 50.6 Å². The molecular weight excluding hydrogens is 423 g/mol. The summed E-state index contributed by atoms with van der Waals surface area (Å²) in [6.07, 6.45) is 1.76. The fourth-order valence-electron chi connectivity index (χ4n) is 3.53. The maximum absolute atomic E-state index is 12.5. The molecule has 0 aromatic heterocycles. The van der Waals surface area contributed by atoms with Crippen LogP contribution in [0.3, 0.4) is 0 Å². The van der Waals surface area contributed by atoms with E-state index < -0.39 is 0 Å². The highest BCUT2D eigenvalue weighted by molar-refractivity contribution is 7.98. The number of likely N-dealkylation sites (tertiary alicyclic amines) is 1. The summed E-state index contributed by atoms with van der Waals surface area (Å²) < 4.78 is 0. The molecule has 156 valence electrons. The molecule has 0 bridgehead atoms. The van der Waals surface area contributed by atoms with Crippen molar-refractivity contribution >= 4 is 40.9 Å². The van der Waals surface area contributed by atoms with Gasteiger partial charge in [-0.25, -0.2) is 0 Å². The second-order valence-corrected chi connectivity index (χ2v) is 9.50. The van der Waals surface area contributed by atoms with Crippen molar-refractivity contribution in [2.45, 2.75) is 32.1 Å². The van der Waals surface area contributed by atoms with Gasteiger partial charge >= 0.3 is 0 Å². The van der Waals surface area contributed by atoms with E-state index in [1.54, 1.807) is 0 Å². The molecule has 1 fully saturated rings. The standard InChI is InChI=1S/C23H28Cl2N2OS/c1-17-5-7-18(8-6-17)16-29-14-11-26-23(28)19-9-12-27(13-10-19)15-20-21(24)3-2-4-22(20)25/h2-8,19H,9-16H2,1H3,(H,26,28). The van der Waals surface area contributed by atoms with Crippen molar-refractivity contribution < 1.29 is 4.79 Å². The van der Waals surface area contributed by atoms with Gasteiger partial charge in [0.05, 0.1) is 0 Å². The zero-order valence-electron chi connectivity index (χ0n) is 16.8. The summed E-state index contributed by atoms with van der Waals surface area (Å²) in [4.78, 5) is 14.8. The molecule has 1 saturated heterocycles. The van der Waals surface area contributed by atoms with Crippen molar-refractivity contribution in [1.29, 1.82) is 0 Å². The molecule has 29 heavy (non-hydrogen) atoms. The first kappa shape index (κ1) is 22.5. The Labute approximate surface area is 188 Å². The minimum Gasteiger partial charge on any atom is -0.355 e. The van der Waals surface area contributed by atoms with Crippen molar-refractivity contribution in [3.8, 4) is 0 Å². The van der Waals surface area contributed by atoms with E-state index >= 15 is 0 Å². The fraction of sp³-hybridized carbons (Fsp3) is 0.435. The first-order valence-electron chi connectivity index (χ1n) is 10.1. The predicted octanol–water partition coefficient (Wildman–Crippen LogP) is 5.56. The summed E-state index contributed by atoms with van der Waals surface area (Å²) in [5.41, 5.74) is 3.59. The van der Waals surface area contributed by atoms with Crippen LogP contribution in [0.15, 0.2) is 42.5 Å². The molecule has 1 aliphatic rings. The number of thioether (sulfide) groups is 1. The monoisotopic (exact) mass is 450 g/mol. The minimum absolute atomic E-state index is 0.107. The topological polar surface area (TPSA) is 32.3 Å². The molecule has 2 aromatic carbocycles. The SMILES string of the molecule is Cc1ccc(CSCCNC(=O)C2CCN(Cc3c(Cl)cccc3Cl)CC2)cc1. The van der Waals surface area contributed by atoms with E-state index in [0.717, 1.165) is 56.1 Å². The van der Waals surface area contributed by atoms with E-state index in [4.69, 9.17) is 23.2 Å². The molecule has 2 aromatic rings. The molecule has 0 atom stereocenters. The Morgan fingerprint density at radius 3 is 2.41 bits per heavy atom. The fourth-order valence-corrected chi connectivity index (χ4v) is 4.86. The Kier molecular flexibility index (Phi) is 8.73. The van der Waals surface area contributed by atoms with Crippen LogP contribution >= 0.6 is 35.0 Å². The number of piperidine rings is 1. The lowest BCUT2D eigenvalue weighted by Gasteiger charge is -2.31. The maximum Gasteiger partial charge on any atom is 0.223 e. The van der Waals surface area contributed by atoms with Gasteiger partial charge in [-0.2, -0.15) is 11.8 Å². The molecule has 1 N–H and O–H groups in total. The number of carbonyl (C=O) groups excluding carboxylic acids is 1. The van der Waals surface area contributed by atoms with Gasteiger partial charge in [0.2, 0.25) is 5.91 Å². The van der Waals surface area contributed by atoms with Crippen molar-refractivity contribution in [2.24, 2.45) is 5.92 Å². The average Bonchev–Trinajstić information content (AvgIpc) is 2.72. The number of carbonyl (C=O) groups is 1. The number of halogens is 2. The molecule has 1 aliphatic heterocycles. The van der Waals surface area contributed by atoms with E-state index in [-0.39, 0.29) is 11.8 Å². The molecule has 0 aliphatic carbocycles. The number of aryl methyl sites for hydroxylation is 1. The normalized spacial score (nSPS) is 15.4. The second kappa shape index (κ2) is 11.3. The summed E-state index contributed by atoms with van der Waals surface area (Å²) in [6.45, 7) is 5.35. The summed E-state index contributed by atoms with van der Waals surface area (Å²) in [5.74, 6) is 2.22. The predicted molar refractivity (Wildman–Crippen MR) is 125 cm³/mol. The van der Waals surface area contributed by atoms with Crippen LogP contribution in [0, 0.1) is 12.8 Å². The van der Waals surface area contributed by atoms with E-state index in [9.17, 15) is 4.79 Å². The molecule has 1 amide bonds. The Hall–Kier alpha value is -1.20. The third kappa shape index (κ3) is 6.92. The van der Waals surface area contributed by atoms with Crippen molar-refractivity contribution in [2.75, 3.05) is 25.4 Å². The summed E-state index contributed by atoms with van der Waals surface area (Å²) >= 11 is 14.4. The smallest absolute Gasteiger partial charge is 0.223 e. The Morgan fingerprint density at radius 2 is 1.76 bits per heavy atom. The van der Waals surface area contributed by atoms with Gasteiger partial charge in [-0.1, -0.05) is 59.1 Å². The van der Waals surface area contributed by atoms with Crippen LogP contribution in [-0.4, -0.2) is 36.2 Å². The number of hydrogen-bond acceptors (Lipinski definition) is 3. The highest BCUT2D eigenvalue weighted by atomic mass is 35.5. The molecule has 0 radical (unpaired) electrons. The first-order valence-corrected chi connectivity index (χ1v) is 12.0. The largest absolute Gasteiger partial charge is 0.355 e. The quantitative estimate of drug-likeness (QED) is 0.533. The van der Waals surface area contributed by atoms with Crippen LogP contribution in [0.2, 0.25) is 10.0 Å². The summed E-state index contributed by atoms with van der Waals surface area (Å²) in [6, 6.07) is 14.2. The van der Waals surface area contributed by atoms with Crippen LogP contribution in [0.1, 0.15) is 29.5 Å². The summed E-state index contributed by atoms with van der Waals surface area (Å²) in [5, 5.41) is 4.53.